The number of hydrogen-bond donors (Lipinski definition) is 1. The minimum atomic E-state index is -4.73. The van der Waals surface area contributed by atoms with E-state index in [-0.39, 0.29) is 41.1 Å². The number of anilines is 1. The number of halogens is 4. The van der Waals surface area contributed by atoms with Gasteiger partial charge in [0.05, 0.1) is 30.7 Å². The van der Waals surface area contributed by atoms with E-state index in [0.717, 1.165) is 9.96 Å². The van der Waals surface area contributed by atoms with E-state index in [1.807, 2.05) is 11.8 Å². The van der Waals surface area contributed by atoms with Gasteiger partial charge in [-0.25, -0.2) is 13.4 Å². The third kappa shape index (κ3) is 5.73. The molecule has 0 aliphatic carbocycles. The lowest BCUT2D eigenvalue weighted by Gasteiger charge is -2.36. The van der Waals surface area contributed by atoms with Crippen molar-refractivity contribution in [2.45, 2.75) is 49.8 Å². The average Bonchev–Trinajstić information content (AvgIpc) is 3.40. The Morgan fingerprint density at radius 1 is 1.20 bits per heavy atom. The highest BCUT2D eigenvalue weighted by Crippen LogP contribution is 2.37. The molecule has 0 radical (unpaired) electrons. The van der Waals surface area contributed by atoms with Crippen LogP contribution in [0.25, 0.3) is 5.65 Å². The SMILES string of the molecule is Cc1ccc([C@H](CC(=O)O)c2ccn3c(C(F)(F)F)nnc3c2C)cc1CN1C[C@H]2COCCN2c2ncc(Cl)cc2S1(=O)=O. The number of aromatic nitrogens is 4. The number of ether oxygens (including phenoxy) is 1. The first kappa shape index (κ1) is 31.2. The Hall–Kier alpha value is -3.79. The number of fused-ring (bicyclic) bond motifs is 4. The first-order chi connectivity index (χ1) is 21.3. The molecule has 0 amide bonds. The van der Waals surface area contributed by atoms with Crippen molar-refractivity contribution in [3.8, 4) is 0 Å². The maximum atomic E-state index is 14.0. The standard InChI is InChI=1S/C29H28ClF3N6O5S/c1-16-3-4-18(23(11-25(40)41)22-5-6-39-26(17(22)2)35-36-28(39)29(31,32)33)9-19(16)13-37-14-21-15-44-8-7-38(21)27-24(45(37,42)43)10-20(30)12-34-27/h3-6,9-10,12,21,23H,7-8,11,13-15H2,1-2H3,(H,40,41)/t21-,23-/m0/s1. The summed E-state index contributed by atoms with van der Waals surface area (Å²) < 4.78 is 76.3. The number of benzene rings is 1. The molecule has 1 N–H and O–H groups in total. The number of nitrogens with zero attached hydrogens (tertiary/aromatic N) is 6. The average molecular weight is 665 g/mol. The van der Waals surface area contributed by atoms with Gasteiger partial charge < -0.3 is 14.7 Å². The molecule has 6 rings (SSSR count). The molecule has 4 aromatic rings. The highest BCUT2D eigenvalue weighted by atomic mass is 35.5. The number of aliphatic carboxylic acids is 1. The molecule has 0 bridgehead atoms. The summed E-state index contributed by atoms with van der Waals surface area (Å²) in [6.07, 6.45) is -2.50. The topological polar surface area (TPSA) is 130 Å². The van der Waals surface area contributed by atoms with Crippen molar-refractivity contribution in [2.24, 2.45) is 0 Å². The Bertz CT molecular complexity index is 1920. The third-order valence-corrected chi connectivity index (χ3v) is 10.3. The number of pyridine rings is 2. The monoisotopic (exact) mass is 664 g/mol. The third-order valence-electron chi connectivity index (χ3n) is 8.33. The molecule has 238 valence electrons. The normalized spacial score (nSPS) is 19.2. The van der Waals surface area contributed by atoms with Gasteiger partial charge in [0.1, 0.15) is 10.7 Å². The molecule has 0 spiro atoms. The van der Waals surface area contributed by atoms with Crippen LogP contribution in [0.15, 0.2) is 47.6 Å². The number of aryl methyl sites for hydroxylation is 2. The van der Waals surface area contributed by atoms with Crippen molar-refractivity contribution in [2.75, 3.05) is 31.2 Å². The van der Waals surface area contributed by atoms with Crippen molar-refractivity contribution in [1.29, 1.82) is 0 Å². The number of carboxylic acids is 1. The molecule has 16 heteroatoms. The van der Waals surface area contributed by atoms with Crippen molar-refractivity contribution in [3.05, 3.63) is 81.4 Å². The van der Waals surface area contributed by atoms with Gasteiger partial charge >= 0.3 is 12.1 Å². The molecule has 2 aliphatic heterocycles. The molecule has 2 atom stereocenters. The lowest BCUT2D eigenvalue weighted by atomic mass is 9.85. The van der Waals surface area contributed by atoms with Crippen LogP contribution in [0.4, 0.5) is 19.0 Å². The maximum absolute atomic E-state index is 14.0. The van der Waals surface area contributed by atoms with Gasteiger partial charge in [0, 0.05) is 37.9 Å². The molecule has 1 saturated heterocycles. The van der Waals surface area contributed by atoms with E-state index >= 15 is 0 Å². The molecular weight excluding hydrogens is 637 g/mol. The molecule has 5 heterocycles. The van der Waals surface area contributed by atoms with Gasteiger partial charge in [-0.2, -0.15) is 17.5 Å². The number of alkyl halides is 3. The summed E-state index contributed by atoms with van der Waals surface area (Å²) in [4.78, 5) is 18.3. The van der Waals surface area contributed by atoms with E-state index in [2.05, 4.69) is 15.2 Å². The number of morpholine rings is 1. The minimum absolute atomic E-state index is 0.00702. The summed E-state index contributed by atoms with van der Waals surface area (Å²) in [5.41, 5.74) is 2.74. The largest absolute Gasteiger partial charge is 0.481 e. The van der Waals surface area contributed by atoms with Crippen LogP contribution in [0, 0.1) is 13.8 Å². The number of rotatable bonds is 6. The number of carbonyl (C=O) groups is 1. The summed E-state index contributed by atoms with van der Waals surface area (Å²) in [5, 5.41) is 17.1. The lowest BCUT2D eigenvalue weighted by Crippen LogP contribution is -2.50. The van der Waals surface area contributed by atoms with Crippen LogP contribution in [0.1, 0.15) is 46.0 Å². The second-order valence-electron chi connectivity index (χ2n) is 11.1. The molecular formula is C29H28ClF3N6O5S. The van der Waals surface area contributed by atoms with Crippen LogP contribution < -0.4 is 4.90 Å². The van der Waals surface area contributed by atoms with Gasteiger partial charge in [-0.3, -0.25) is 9.20 Å². The zero-order valence-electron chi connectivity index (χ0n) is 24.1. The molecule has 1 fully saturated rings. The Labute approximate surface area is 261 Å². The second kappa shape index (κ2) is 11.5. The van der Waals surface area contributed by atoms with Gasteiger partial charge in [0.2, 0.25) is 15.8 Å². The van der Waals surface area contributed by atoms with E-state index in [4.69, 9.17) is 16.3 Å². The van der Waals surface area contributed by atoms with Crippen LogP contribution in [0.5, 0.6) is 0 Å². The summed E-state index contributed by atoms with van der Waals surface area (Å²) in [7, 11) is -4.07. The zero-order valence-corrected chi connectivity index (χ0v) is 25.7. The van der Waals surface area contributed by atoms with Crippen LogP contribution in [0.3, 0.4) is 0 Å². The van der Waals surface area contributed by atoms with Gasteiger partial charge in [0.25, 0.3) is 0 Å². The van der Waals surface area contributed by atoms with Gasteiger partial charge in [-0.1, -0.05) is 29.8 Å². The second-order valence-corrected chi connectivity index (χ2v) is 13.5. The van der Waals surface area contributed by atoms with Crippen LogP contribution in [-0.4, -0.2) is 75.7 Å². The first-order valence-corrected chi connectivity index (χ1v) is 15.8. The summed E-state index contributed by atoms with van der Waals surface area (Å²) in [5.74, 6) is -2.76. The van der Waals surface area contributed by atoms with Crippen molar-refractivity contribution in [3.63, 3.8) is 0 Å². The van der Waals surface area contributed by atoms with E-state index in [1.165, 1.54) is 28.8 Å². The smallest absolute Gasteiger partial charge is 0.452 e. The van der Waals surface area contributed by atoms with Crippen molar-refractivity contribution in [1.82, 2.24) is 23.9 Å². The minimum Gasteiger partial charge on any atom is -0.481 e. The Morgan fingerprint density at radius 3 is 2.71 bits per heavy atom. The fourth-order valence-corrected chi connectivity index (χ4v) is 7.90. The molecule has 2 aliphatic rings. The Balaban J connectivity index is 1.41. The van der Waals surface area contributed by atoms with E-state index < -0.39 is 33.9 Å². The van der Waals surface area contributed by atoms with E-state index in [0.29, 0.717) is 47.8 Å². The molecule has 3 aromatic heterocycles. The van der Waals surface area contributed by atoms with Crippen LogP contribution in [-0.2, 0) is 32.3 Å². The quantitative estimate of drug-likeness (QED) is 0.318. The van der Waals surface area contributed by atoms with Gasteiger partial charge in [-0.15, -0.1) is 10.2 Å². The fraction of sp³-hybridized carbons (Fsp3) is 0.379. The Morgan fingerprint density at radius 2 is 1.98 bits per heavy atom. The Kier molecular flexibility index (Phi) is 8.00. The predicted octanol–water partition coefficient (Wildman–Crippen LogP) is 4.43. The summed E-state index contributed by atoms with van der Waals surface area (Å²) in [6.45, 7) is 4.66. The number of hydrogen-bond acceptors (Lipinski definition) is 8. The van der Waals surface area contributed by atoms with Crippen LogP contribution in [0.2, 0.25) is 5.02 Å². The highest BCUT2D eigenvalue weighted by Gasteiger charge is 2.40. The maximum Gasteiger partial charge on any atom is 0.452 e. The zero-order chi connectivity index (χ0) is 32.3. The molecule has 1 aromatic carbocycles. The van der Waals surface area contributed by atoms with Gasteiger partial charge in [0.15, 0.2) is 5.65 Å². The van der Waals surface area contributed by atoms with Crippen molar-refractivity contribution >= 4 is 39.1 Å². The highest BCUT2D eigenvalue weighted by molar-refractivity contribution is 7.89. The van der Waals surface area contributed by atoms with Crippen molar-refractivity contribution < 1.29 is 36.2 Å². The lowest BCUT2D eigenvalue weighted by molar-refractivity contribution is -0.145. The molecule has 11 nitrogen and oxygen atoms in total. The van der Waals surface area contributed by atoms with Crippen LogP contribution >= 0.6 is 11.6 Å². The summed E-state index contributed by atoms with van der Waals surface area (Å²) >= 11 is 6.19. The fourth-order valence-electron chi connectivity index (χ4n) is 6.04. The number of sulfonamides is 1. The molecule has 0 unspecified atom stereocenters. The van der Waals surface area contributed by atoms with E-state index in [9.17, 15) is 31.5 Å². The molecule has 45 heavy (non-hydrogen) atoms. The van der Waals surface area contributed by atoms with E-state index in [1.54, 1.807) is 25.1 Å². The first-order valence-electron chi connectivity index (χ1n) is 14.0. The summed E-state index contributed by atoms with van der Waals surface area (Å²) in [6, 6.07) is 7.81. The number of carboxylic acid groups (broad SMARTS) is 1. The molecule has 0 saturated carbocycles. The van der Waals surface area contributed by atoms with Gasteiger partial charge in [-0.05, 0) is 53.8 Å². The predicted molar refractivity (Wildman–Crippen MR) is 157 cm³/mol.